The molecule has 0 aliphatic carbocycles. The van der Waals surface area contributed by atoms with Gasteiger partial charge in [-0.25, -0.2) is 8.42 Å². The molecule has 2 heterocycles. The van der Waals surface area contributed by atoms with E-state index in [9.17, 15) is 8.42 Å². The van der Waals surface area contributed by atoms with Crippen molar-refractivity contribution in [3.63, 3.8) is 0 Å². The number of nitrogens with one attached hydrogen (secondary N) is 1. The van der Waals surface area contributed by atoms with E-state index in [2.05, 4.69) is 34.5 Å². The van der Waals surface area contributed by atoms with Crippen molar-refractivity contribution < 1.29 is 8.42 Å². The molecule has 2 atom stereocenters. The van der Waals surface area contributed by atoms with Gasteiger partial charge in [-0.2, -0.15) is 11.8 Å². The van der Waals surface area contributed by atoms with Crippen molar-refractivity contribution in [1.29, 1.82) is 0 Å². The first kappa shape index (κ1) is 15.3. The van der Waals surface area contributed by atoms with Crippen LogP contribution in [0.2, 0.25) is 0 Å². The monoisotopic (exact) mass is 326 g/mol. The molecule has 1 N–H and O–H groups in total. The summed E-state index contributed by atoms with van der Waals surface area (Å²) >= 11 is 1.74. The highest BCUT2D eigenvalue weighted by Crippen LogP contribution is 2.28. The molecule has 1 fully saturated rings. The van der Waals surface area contributed by atoms with Crippen LogP contribution >= 0.6 is 11.8 Å². The van der Waals surface area contributed by atoms with Crippen molar-refractivity contribution in [1.82, 2.24) is 10.2 Å². The Kier molecular flexibility index (Phi) is 4.59. The predicted octanol–water partition coefficient (Wildman–Crippen LogP) is 1.29. The minimum atomic E-state index is -3.02. The quantitative estimate of drug-likeness (QED) is 0.907. The first-order valence-electron chi connectivity index (χ1n) is 7.35. The molecule has 2 unspecified atom stereocenters. The SMILES string of the molecule is CS(=O)(=O)C1CSCCN1CC1CNCc2ccccc21. The maximum atomic E-state index is 12.0. The molecule has 0 spiro atoms. The number of nitrogens with zero attached hydrogens (tertiary/aromatic N) is 1. The zero-order valence-corrected chi connectivity index (χ0v) is 13.9. The van der Waals surface area contributed by atoms with Crippen molar-refractivity contribution in [2.24, 2.45) is 0 Å². The Morgan fingerprint density at radius 3 is 3.00 bits per heavy atom. The molecule has 0 radical (unpaired) electrons. The molecule has 0 aromatic heterocycles. The fraction of sp³-hybridized carbons (Fsp3) is 0.600. The van der Waals surface area contributed by atoms with Crippen LogP contribution in [0.3, 0.4) is 0 Å². The molecule has 116 valence electrons. The summed E-state index contributed by atoms with van der Waals surface area (Å²) in [5, 5.41) is 3.12. The van der Waals surface area contributed by atoms with Gasteiger partial charge in [0.2, 0.25) is 0 Å². The lowest BCUT2D eigenvalue weighted by molar-refractivity contribution is 0.247. The summed E-state index contributed by atoms with van der Waals surface area (Å²) in [6, 6.07) is 8.50. The van der Waals surface area contributed by atoms with Gasteiger partial charge in [0.05, 0.1) is 0 Å². The van der Waals surface area contributed by atoms with E-state index in [-0.39, 0.29) is 5.37 Å². The number of fused-ring (bicyclic) bond motifs is 1. The predicted molar refractivity (Wildman–Crippen MR) is 88.4 cm³/mol. The van der Waals surface area contributed by atoms with Crippen LogP contribution in [0.25, 0.3) is 0 Å². The maximum absolute atomic E-state index is 12.0. The van der Waals surface area contributed by atoms with E-state index in [1.165, 1.54) is 17.4 Å². The highest BCUT2D eigenvalue weighted by molar-refractivity contribution is 8.00. The van der Waals surface area contributed by atoms with Crippen molar-refractivity contribution >= 4 is 21.6 Å². The molecule has 6 heteroatoms. The Labute approximate surface area is 131 Å². The van der Waals surface area contributed by atoms with Gasteiger partial charge in [-0.3, -0.25) is 4.90 Å². The van der Waals surface area contributed by atoms with Crippen LogP contribution in [-0.4, -0.2) is 56.1 Å². The van der Waals surface area contributed by atoms with Crippen LogP contribution in [0.15, 0.2) is 24.3 Å². The first-order chi connectivity index (χ1) is 10.1. The van der Waals surface area contributed by atoms with E-state index >= 15 is 0 Å². The third kappa shape index (κ3) is 3.44. The molecule has 3 rings (SSSR count). The molecule has 0 amide bonds. The Morgan fingerprint density at radius 1 is 1.38 bits per heavy atom. The normalized spacial score (nSPS) is 27.3. The summed E-state index contributed by atoms with van der Waals surface area (Å²) in [6.45, 7) is 3.53. The van der Waals surface area contributed by atoms with Gasteiger partial charge in [-0.05, 0) is 11.1 Å². The van der Waals surface area contributed by atoms with Crippen LogP contribution in [0.1, 0.15) is 17.0 Å². The van der Waals surface area contributed by atoms with Crippen molar-refractivity contribution in [2.75, 3.05) is 37.4 Å². The molecule has 2 aliphatic heterocycles. The fourth-order valence-corrected chi connectivity index (χ4v) is 6.20. The summed E-state index contributed by atoms with van der Waals surface area (Å²) in [4.78, 5) is 2.17. The van der Waals surface area contributed by atoms with E-state index < -0.39 is 9.84 Å². The Bertz CT molecular complexity index is 603. The molecule has 1 saturated heterocycles. The van der Waals surface area contributed by atoms with Gasteiger partial charge >= 0.3 is 0 Å². The molecule has 2 aliphatic rings. The zero-order chi connectivity index (χ0) is 14.9. The summed E-state index contributed by atoms with van der Waals surface area (Å²) in [5.41, 5.74) is 2.72. The smallest absolute Gasteiger partial charge is 0.164 e. The largest absolute Gasteiger partial charge is 0.312 e. The third-order valence-electron chi connectivity index (χ3n) is 4.34. The minimum absolute atomic E-state index is 0.328. The van der Waals surface area contributed by atoms with Gasteiger partial charge in [0.25, 0.3) is 0 Å². The van der Waals surface area contributed by atoms with Gasteiger partial charge in [0.15, 0.2) is 9.84 Å². The van der Waals surface area contributed by atoms with Crippen LogP contribution in [0.4, 0.5) is 0 Å². The summed E-state index contributed by atoms with van der Waals surface area (Å²) in [6.07, 6.45) is 1.36. The Balaban J connectivity index is 1.80. The number of thioether (sulfide) groups is 1. The van der Waals surface area contributed by atoms with Gasteiger partial charge in [0, 0.05) is 49.9 Å². The number of rotatable bonds is 3. The highest BCUT2D eigenvalue weighted by Gasteiger charge is 2.33. The van der Waals surface area contributed by atoms with Gasteiger partial charge in [-0.15, -0.1) is 0 Å². The number of benzene rings is 1. The highest BCUT2D eigenvalue weighted by atomic mass is 32.2. The molecular weight excluding hydrogens is 304 g/mol. The first-order valence-corrected chi connectivity index (χ1v) is 10.5. The molecule has 21 heavy (non-hydrogen) atoms. The lowest BCUT2D eigenvalue weighted by Gasteiger charge is -2.38. The Morgan fingerprint density at radius 2 is 2.19 bits per heavy atom. The van der Waals surface area contributed by atoms with E-state index in [1.54, 1.807) is 11.8 Å². The summed E-state index contributed by atoms with van der Waals surface area (Å²) in [5.74, 6) is 2.09. The molecule has 1 aromatic rings. The molecular formula is C15H22N2O2S2. The molecule has 4 nitrogen and oxygen atoms in total. The van der Waals surface area contributed by atoms with Gasteiger partial charge in [0.1, 0.15) is 5.37 Å². The maximum Gasteiger partial charge on any atom is 0.164 e. The lowest BCUT2D eigenvalue weighted by atomic mass is 9.90. The number of hydrogen-bond acceptors (Lipinski definition) is 5. The van der Waals surface area contributed by atoms with E-state index in [4.69, 9.17) is 0 Å². The van der Waals surface area contributed by atoms with Crippen molar-refractivity contribution in [3.05, 3.63) is 35.4 Å². The number of hydrogen-bond donors (Lipinski definition) is 1. The fourth-order valence-electron chi connectivity index (χ4n) is 3.25. The lowest BCUT2D eigenvalue weighted by Crippen LogP contribution is -2.49. The number of sulfone groups is 1. The van der Waals surface area contributed by atoms with Gasteiger partial charge < -0.3 is 5.32 Å². The standard InChI is InChI=1S/C15H22N2O2S2/c1-21(18,19)15-11-20-7-6-17(15)10-13-9-16-8-12-4-2-3-5-14(12)13/h2-5,13,15-16H,6-11H2,1H3. The van der Waals surface area contributed by atoms with E-state index in [1.807, 2.05) is 0 Å². The van der Waals surface area contributed by atoms with Gasteiger partial charge in [-0.1, -0.05) is 24.3 Å². The van der Waals surface area contributed by atoms with Crippen LogP contribution < -0.4 is 5.32 Å². The van der Waals surface area contributed by atoms with Crippen LogP contribution in [0.5, 0.6) is 0 Å². The van der Waals surface area contributed by atoms with Crippen LogP contribution in [0, 0.1) is 0 Å². The van der Waals surface area contributed by atoms with Crippen molar-refractivity contribution in [2.45, 2.75) is 17.8 Å². The third-order valence-corrected chi connectivity index (χ3v) is 7.03. The summed E-state index contributed by atoms with van der Waals surface area (Å²) < 4.78 is 24.0. The molecule has 0 saturated carbocycles. The second kappa shape index (κ2) is 6.28. The van der Waals surface area contributed by atoms with Crippen LogP contribution in [-0.2, 0) is 16.4 Å². The average molecular weight is 326 g/mol. The van der Waals surface area contributed by atoms with E-state index in [0.29, 0.717) is 11.7 Å². The average Bonchev–Trinajstić information content (AvgIpc) is 2.47. The zero-order valence-electron chi connectivity index (χ0n) is 12.3. The molecule has 0 bridgehead atoms. The topological polar surface area (TPSA) is 49.4 Å². The molecule has 1 aromatic carbocycles. The second-order valence-corrected chi connectivity index (χ2v) is 9.23. The van der Waals surface area contributed by atoms with Crippen molar-refractivity contribution in [3.8, 4) is 0 Å². The Hall–Kier alpha value is -0.560. The minimum Gasteiger partial charge on any atom is -0.312 e. The summed E-state index contributed by atoms with van der Waals surface area (Å²) in [7, 11) is -3.02. The second-order valence-electron chi connectivity index (χ2n) is 5.88. The van der Waals surface area contributed by atoms with E-state index in [0.717, 1.165) is 31.9 Å².